The Kier molecular flexibility index (Phi) is 3.55. The summed E-state index contributed by atoms with van der Waals surface area (Å²) in [5.41, 5.74) is 4.59. The van der Waals surface area contributed by atoms with Gasteiger partial charge in [-0.15, -0.1) is 0 Å². The highest BCUT2D eigenvalue weighted by Crippen LogP contribution is 2.56. The molecular formula is CH7N3O6P2. The number of nitrogens with one attached hydrogen (secondary N) is 1. The number of phosphoric acid groups is 1. The summed E-state index contributed by atoms with van der Waals surface area (Å²) in [6.07, 6.45) is 0. The first kappa shape index (κ1) is 11.7. The van der Waals surface area contributed by atoms with Crippen LogP contribution in [0.4, 0.5) is 0 Å². The van der Waals surface area contributed by atoms with E-state index in [4.69, 9.17) is 25.0 Å². The Bertz CT molecular complexity index is 273. The monoisotopic (exact) mass is 219 g/mol. The van der Waals surface area contributed by atoms with Gasteiger partial charge < -0.3 is 25.3 Å². The van der Waals surface area contributed by atoms with Crippen molar-refractivity contribution < 1.29 is 28.4 Å². The van der Waals surface area contributed by atoms with Crippen LogP contribution in [0.3, 0.4) is 0 Å². The van der Waals surface area contributed by atoms with E-state index in [1.54, 1.807) is 0 Å². The summed E-state index contributed by atoms with van der Waals surface area (Å²) in [4.78, 5) is 33.4. The fraction of sp³-hybridized carbons (Fsp3) is 0. The standard InChI is InChI=1S/CH7N3O6P2/c2-1(3)4-11(5,6)10-12(7,8)9/h5-6H,(H3,2,3)(H2,7,8,9). The molecular weight excluding hydrogens is 212 g/mol. The Morgan fingerprint density at radius 3 is 2.08 bits per heavy atom. The smallest absolute Gasteiger partial charge is 0.368 e. The zero-order valence-corrected chi connectivity index (χ0v) is 7.31. The van der Waals surface area contributed by atoms with Crippen molar-refractivity contribution >= 4 is 21.5 Å². The van der Waals surface area contributed by atoms with Gasteiger partial charge in [0.1, 0.15) is 0 Å². The van der Waals surface area contributed by atoms with Crippen molar-refractivity contribution in [2.24, 2.45) is 10.5 Å². The summed E-state index contributed by atoms with van der Waals surface area (Å²) in [5, 5.41) is 6.44. The van der Waals surface area contributed by atoms with Crippen LogP contribution in [0.2, 0.25) is 0 Å². The van der Waals surface area contributed by atoms with Gasteiger partial charge in [-0.1, -0.05) is 0 Å². The quantitative estimate of drug-likeness (QED) is 0.195. The third kappa shape index (κ3) is 6.44. The highest BCUT2D eigenvalue weighted by Gasteiger charge is 2.26. The number of hydrogen-bond donors (Lipinski definition) is 6. The Balaban J connectivity index is 4.66. The van der Waals surface area contributed by atoms with Crippen LogP contribution in [0.1, 0.15) is 0 Å². The second-order valence-corrected chi connectivity index (χ2v) is 4.43. The van der Waals surface area contributed by atoms with Crippen molar-refractivity contribution in [2.75, 3.05) is 0 Å². The zero-order valence-electron chi connectivity index (χ0n) is 5.52. The molecule has 0 amide bonds. The van der Waals surface area contributed by atoms with Gasteiger partial charge in [0.25, 0.3) is 0 Å². The molecule has 0 aromatic rings. The molecule has 0 fully saturated rings. The number of nitrogens with two attached hydrogens (primary N) is 1. The van der Waals surface area contributed by atoms with Crippen LogP contribution in [0.15, 0.2) is 4.74 Å². The average molecular weight is 219 g/mol. The van der Waals surface area contributed by atoms with E-state index in [0.29, 0.717) is 0 Å². The maximum atomic E-state index is 10.0. The molecule has 0 bridgehead atoms. The molecule has 0 aromatic heterocycles. The fourth-order valence-electron chi connectivity index (χ4n) is 0.301. The van der Waals surface area contributed by atoms with Gasteiger partial charge in [-0.05, 0) is 0 Å². The van der Waals surface area contributed by atoms with Gasteiger partial charge in [-0.3, -0.25) is 5.41 Å². The first-order chi connectivity index (χ1) is 5.12. The van der Waals surface area contributed by atoms with Gasteiger partial charge in [-0.2, -0.15) is 4.74 Å². The minimum atomic E-state index is -5.04. The third-order valence-electron chi connectivity index (χ3n) is 0.454. The lowest BCUT2D eigenvalue weighted by Gasteiger charge is -2.10. The van der Waals surface area contributed by atoms with Crippen LogP contribution in [0.5, 0.6) is 0 Å². The summed E-state index contributed by atoms with van der Waals surface area (Å²) in [6, 6.07) is 0. The van der Waals surface area contributed by atoms with E-state index in [0.717, 1.165) is 0 Å². The van der Waals surface area contributed by atoms with Gasteiger partial charge in [-0.25, -0.2) is 8.88 Å². The van der Waals surface area contributed by atoms with E-state index < -0.39 is 21.5 Å². The molecule has 0 atom stereocenters. The van der Waals surface area contributed by atoms with E-state index >= 15 is 0 Å². The SMILES string of the molecule is N=C(N)N=P(O)(O)OP(=O)(O)O. The molecule has 0 saturated heterocycles. The van der Waals surface area contributed by atoms with Crippen LogP contribution < -0.4 is 5.73 Å². The second kappa shape index (κ2) is 3.63. The first-order valence-electron chi connectivity index (χ1n) is 2.31. The summed E-state index contributed by atoms with van der Waals surface area (Å²) in [5.74, 6) is -0.998. The molecule has 0 saturated carbocycles. The molecule has 0 aliphatic carbocycles. The summed E-state index contributed by atoms with van der Waals surface area (Å²) >= 11 is 0. The largest absolute Gasteiger partial charge is 0.477 e. The van der Waals surface area contributed by atoms with Crippen LogP contribution >= 0.6 is 15.6 Å². The van der Waals surface area contributed by atoms with Gasteiger partial charge in [0, 0.05) is 0 Å². The predicted octanol–water partition coefficient (Wildman–Crippen LogP) is -1.08. The molecule has 7 N–H and O–H groups in total. The summed E-state index contributed by atoms with van der Waals surface area (Å²) in [6.45, 7) is 0. The van der Waals surface area contributed by atoms with Gasteiger partial charge in [0.05, 0.1) is 0 Å². The number of rotatable bonds is 2. The second-order valence-electron chi connectivity index (χ2n) is 1.57. The predicted molar refractivity (Wildman–Crippen MR) is 38.8 cm³/mol. The maximum absolute atomic E-state index is 10.0. The molecule has 11 heteroatoms. The highest BCUT2D eigenvalue weighted by atomic mass is 31.3. The molecule has 72 valence electrons. The van der Waals surface area contributed by atoms with Gasteiger partial charge >= 0.3 is 15.6 Å². The Labute approximate surface area is 66.9 Å². The van der Waals surface area contributed by atoms with Crippen LogP contribution in [0.25, 0.3) is 0 Å². The zero-order chi connectivity index (χ0) is 9.99. The Hall–Kier alpha value is -0.270. The van der Waals surface area contributed by atoms with Crippen molar-refractivity contribution in [3.8, 4) is 0 Å². The average Bonchev–Trinajstić information content (AvgIpc) is 1.48. The normalized spacial score (nSPS) is 12.7. The molecule has 9 nitrogen and oxygen atoms in total. The molecule has 0 aromatic carbocycles. The Morgan fingerprint density at radius 1 is 1.42 bits per heavy atom. The van der Waals surface area contributed by atoms with Crippen molar-refractivity contribution in [2.45, 2.75) is 0 Å². The topological polar surface area (TPSA) is 169 Å². The van der Waals surface area contributed by atoms with Gasteiger partial charge in [0.15, 0.2) is 0 Å². The number of hydrogen-bond acceptors (Lipinski definition) is 3. The maximum Gasteiger partial charge on any atom is 0.477 e. The summed E-state index contributed by atoms with van der Waals surface area (Å²) < 4.78 is 16.0. The number of nitrogens with zero attached hydrogens (tertiary/aromatic N) is 1. The molecule has 0 spiro atoms. The highest BCUT2D eigenvalue weighted by molar-refractivity contribution is 7.61. The van der Waals surface area contributed by atoms with Gasteiger partial charge in [0.2, 0.25) is 5.96 Å². The van der Waals surface area contributed by atoms with E-state index in [9.17, 15) is 4.57 Å². The van der Waals surface area contributed by atoms with Crippen molar-refractivity contribution in [1.82, 2.24) is 0 Å². The minimum absolute atomic E-state index is 0.998. The molecule has 0 unspecified atom stereocenters. The van der Waals surface area contributed by atoms with Crippen LogP contribution in [-0.2, 0) is 8.88 Å². The van der Waals surface area contributed by atoms with E-state index in [2.05, 4.69) is 14.8 Å². The minimum Gasteiger partial charge on any atom is -0.368 e. The molecule has 0 aliphatic heterocycles. The molecule has 0 aliphatic rings. The third-order valence-corrected chi connectivity index (χ3v) is 2.66. The summed E-state index contributed by atoms with van der Waals surface area (Å²) in [7, 11) is -9.65. The fourth-order valence-corrected chi connectivity index (χ4v) is 1.87. The van der Waals surface area contributed by atoms with E-state index in [1.165, 1.54) is 0 Å². The van der Waals surface area contributed by atoms with E-state index in [1.807, 2.05) is 0 Å². The first-order valence-corrected chi connectivity index (χ1v) is 5.41. The van der Waals surface area contributed by atoms with Crippen LogP contribution in [-0.4, -0.2) is 25.5 Å². The lowest BCUT2D eigenvalue weighted by Crippen LogP contribution is -2.05. The van der Waals surface area contributed by atoms with Crippen molar-refractivity contribution in [3.63, 3.8) is 0 Å². The Morgan fingerprint density at radius 2 is 1.83 bits per heavy atom. The number of guanidine groups is 1. The molecule has 0 rings (SSSR count). The van der Waals surface area contributed by atoms with Crippen LogP contribution in [0, 0.1) is 5.41 Å². The lowest BCUT2D eigenvalue weighted by molar-refractivity contribution is 0.255. The lowest BCUT2D eigenvalue weighted by atomic mass is 11.1. The molecule has 0 heterocycles. The molecule has 12 heavy (non-hydrogen) atoms. The van der Waals surface area contributed by atoms with Crippen molar-refractivity contribution in [3.05, 3.63) is 0 Å². The van der Waals surface area contributed by atoms with Crippen molar-refractivity contribution in [1.29, 1.82) is 5.41 Å². The molecule has 0 radical (unpaired) electrons. The van der Waals surface area contributed by atoms with E-state index in [-0.39, 0.29) is 0 Å².